The van der Waals surface area contributed by atoms with Crippen molar-refractivity contribution in [3.05, 3.63) is 73.8 Å². The van der Waals surface area contributed by atoms with E-state index in [-0.39, 0.29) is 5.56 Å². The maximum absolute atomic E-state index is 12.9. The zero-order valence-corrected chi connectivity index (χ0v) is 18.4. The van der Waals surface area contributed by atoms with Gasteiger partial charge >= 0.3 is 0 Å². The molecule has 0 spiro atoms. The monoisotopic (exact) mass is 437 g/mol. The largest absolute Gasteiger partial charge is 0.493 e. The van der Waals surface area contributed by atoms with E-state index in [2.05, 4.69) is 4.99 Å². The molecular weight excluding hydrogens is 414 g/mol. The van der Waals surface area contributed by atoms with Gasteiger partial charge in [0.25, 0.3) is 5.56 Å². The van der Waals surface area contributed by atoms with Gasteiger partial charge in [0.1, 0.15) is 13.3 Å². The smallest absolute Gasteiger partial charge is 0.271 e. The summed E-state index contributed by atoms with van der Waals surface area (Å²) in [5.41, 5.74) is 1.86. The topological polar surface area (TPSA) is 65.3 Å². The van der Waals surface area contributed by atoms with Crippen LogP contribution in [-0.4, -0.2) is 32.6 Å². The quantitative estimate of drug-likeness (QED) is 0.593. The molecule has 0 amide bonds. The van der Waals surface area contributed by atoms with Gasteiger partial charge in [-0.05, 0) is 11.6 Å². The van der Waals surface area contributed by atoms with E-state index < -0.39 is 0 Å². The van der Waals surface area contributed by atoms with Gasteiger partial charge in [-0.2, -0.15) is 0 Å². The van der Waals surface area contributed by atoms with Crippen LogP contribution in [0, 0.1) is 0 Å². The van der Waals surface area contributed by atoms with Crippen LogP contribution in [-0.2, 0) is 6.67 Å². The first-order valence-electron chi connectivity index (χ1n) is 9.67. The number of fused-ring (bicyclic) bond motifs is 1. The number of rotatable bonds is 6. The molecular formula is C23H23N3O4S. The summed E-state index contributed by atoms with van der Waals surface area (Å²) >= 11 is 1.40. The lowest BCUT2D eigenvalue weighted by Crippen LogP contribution is -2.42. The fourth-order valence-corrected chi connectivity index (χ4v) is 4.26. The molecule has 2 aromatic carbocycles. The number of anilines is 1. The van der Waals surface area contributed by atoms with Gasteiger partial charge in [0, 0.05) is 17.8 Å². The van der Waals surface area contributed by atoms with Crippen LogP contribution in [0.25, 0.3) is 12.2 Å². The second-order valence-electron chi connectivity index (χ2n) is 6.78. The highest BCUT2D eigenvalue weighted by Gasteiger charge is 2.20. The van der Waals surface area contributed by atoms with E-state index in [9.17, 15) is 4.79 Å². The lowest BCUT2D eigenvalue weighted by Gasteiger charge is -2.27. The molecule has 0 unspecified atom stereocenters. The Morgan fingerprint density at radius 1 is 1.03 bits per heavy atom. The first-order chi connectivity index (χ1) is 15.1. The molecule has 7 nitrogen and oxygen atoms in total. The molecule has 2 heterocycles. The highest BCUT2D eigenvalue weighted by molar-refractivity contribution is 7.07. The molecule has 3 aromatic rings. The van der Waals surface area contributed by atoms with Gasteiger partial charge in [-0.25, -0.2) is 4.99 Å². The molecule has 4 rings (SSSR count). The van der Waals surface area contributed by atoms with E-state index >= 15 is 0 Å². The van der Waals surface area contributed by atoms with Gasteiger partial charge < -0.3 is 19.1 Å². The second-order valence-corrected chi connectivity index (χ2v) is 7.79. The highest BCUT2D eigenvalue weighted by Crippen LogP contribution is 2.41. The van der Waals surface area contributed by atoms with Crippen LogP contribution >= 0.6 is 11.3 Å². The van der Waals surface area contributed by atoms with Crippen molar-refractivity contribution in [1.29, 1.82) is 0 Å². The van der Waals surface area contributed by atoms with E-state index in [1.807, 2.05) is 65.6 Å². The van der Waals surface area contributed by atoms with Crippen LogP contribution in [0.5, 0.6) is 17.2 Å². The number of thiazole rings is 1. The summed E-state index contributed by atoms with van der Waals surface area (Å²) < 4.78 is 18.6. The maximum atomic E-state index is 12.9. The molecule has 0 atom stereocenters. The van der Waals surface area contributed by atoms with Crippen molar-refractivity contribution in [3.8, 4) is 17.2 Å². The predicted molar refractivity (Wildman–Crippen MR) is 123 cm³/mol. The lowest BCUT2D eigenvalue weighted by atomic mass is 10.2. The number of methoxy groups -OCH3 is 3. The third-order valence-electron chi connectivity index (χ3n) is 4.93. The Hall–Kier alpha value is -3.52. The van der Waals surface area contributed by atoms with Gasteiger partial charge in [-0.3, -0.25) is 9.36 Å². The molecule has 0 saturated heterocycles. The van der Waals surface area contributed by atoms with Gasteiger partial charge in [0.2, 0.25) is 5.75 Å². The molecule has 31 heavy (non-hydrogen) atoms. The van der Waals surface area contributed by atoms with Gasteiger partial charge in [-0.15, -0.1) is 0 Å². The SMILES string of the molecule is COc1cc(N2CN=c3s/c(=C\C=C\c4ccccc4)c(=O)n3C2)cc(OC)c1OC. The van der Waals surface area contributed by atoms with Crippen molar-refractivity contribution < 1.29 is 14.2 Å². The van der Waals surface area contributed by atoms with Crippen molar-refractivity contribution in [3.63, 3.8) is 0 Å². The minimum absolute atomic E-state index is 0.0568. The third kappa shape index (κ3) is 4.20. The Kier molecular flexibility index (Phi) is 6.08. The molecule has 1 aliphatic heterocycles. The number of nitrogens with zero attached hydrogens (tertiary/aromatic N) is 3. The zero-order chi connectivity index (χ0) is 21.8. The van der Waals surface area contributed by atoms with Crippen LogP contribution in [0.15, 0.2) is 58.3 Å². The Morgan fingerprint density at radius 2 is 1.74 bits per heavy atom. The Morgan fingerprint density at radius 3 is 2.39 bits per heavy atom. The summed E-state index contributed by atoms with van der Waals surface area (Å²) in [6.07, 6.45) is 5.71. The van der Waals surface area contributed by atoms with Crippen LogP contribution < -0.4 is 34.0 Å². The van der Waals surface area contributed by atoms with E-state index in [4.69, 9.17) is 14.2 Å². The minimum atomic E-state index is -0.0568. The summed E-state index contributed by atoms with van der Waals surface area (Å²) in [6.45, 7) is 0.820. The summed E-state index contributed by atoms with van der Waals surface area (Å²) in [7, 11) is 4.72. The minimum Gasteiger partial charge on any atom is -0.493 e. The van der Waals surface area contributed by atoms with Crippen LogP contribution in [0.3, 0.4) is 0 Å². The van der Waals surface area contributed by atoms with Crippen molar-refractivity contribution >= 4 is 29.2 Å². The number of ether oxygens (including phenoxy) is 3. The van der Waals surface area contributed by atoms with E-state index in [1.165, 1.54) is 11.3 Å². The first kappa shape index (κ1) is 20.7. The molecule has 1 aliphatic rings. The maximum Gasteiger partial charge on any atom is 0.271 e. The fourth-order valence-electron chi connectivity index (χ4n) is 3.35. The molecule has 160 valence electrons. The average Bonchev–Trinajstić information content (AvgIpc) is 3.13. The number of benzene rings is 2. The number of aromatic nitrogens is 1. The van der Waals surface area contributed by atoms with Crippen molar-refractivity contribution in [2.75, 3.05) is 32.9 Å². The number of hydrogen-bond donors (Lipinski definition) is 0. The molecule has 0 fully saturated rings. The molecule has 0 radical (unpaired) electrons. The molecule has 0 bridgehead atoms. The van der Waals surface area contributed by atoms with Crippen molar-refractivity contribution in [1.82, 2.24) is 4.57 Å². The molecule has 8 heteroatoms. The van der Waals surface area contributed by atoms with Gasteiger partial charge in [-0.1, -0.05) is 53.8 Å². The van der Waals surface area contributed by atoms with E-state index in [0.29, 0.717) is 39.9 Å². The molecule has 0 N–H and O–H groups in total. The zero-order valence-electron chi connectivity index (χ0n) is 17.6. The third-order valence-corrected chi connectivity index (χ3v) is 5.99. The van der Waals surface area contributed by atoms with Crippen molar-refractivity contribution in [2.45, 2.75) is 6.67 Å². The summed E-state index contributed by atoms with van der Waals surface area (Å²) in [4.78, 5) is 20.2. The normalized spacial score (nSPS) is 13.8. The fraction of sp³-hybridized carbons (Fsp3) is 0.217. The summed E-state index contributed by atoms with van der Waals surface area (Å²) in [5, 5.41) is 0. The Balaban J connectivity index is 1.64. The van der Waals surface area contributed by atoms with Crippen LogP contribution in [0.1, 0.15) is 5.56 Å². The highest BCUT2D eigenvalue weighted by atomic mass is 32.1. The molecule has 0 aliphatic carbocycles. The Bertz CT molecular complexity index is 1250. The number of allylic oxidation sites excluding steroid dienone is 1. The predicted octanol–water partition coefficient (Wildman–Crippen LogP) is 2.48. The Labute approximate surface area is 183 Å². The van der Waals surface area contributed by atoms with E-state index in [1.54, 1.807) is 25.9 Å². The first-order valence-corrected chi connectivity index (χ1v) is 10.5. The summed E-state index contributed by atoms with van der Waals surface area (Å²) in [6, 6.07) is 13.7. The average molecular weight is 438 g/mol. The lowest BCUT2D eigenvalue weighted by molar-refractivity contribution is 0.324. The summed E-state index contributed by atoms with van der Waals surface area (Å²) in [5.74, 6) is 1.64. The van der Waals surface area contributed by atoms with Gasteiger partial charge in [0.15, 0.2) is 16.3 Å². The second kappa shape index (κ2) is 9.09. The van der Waals surface area contributed by atoms with Crippen molar-refractivity contribution in [2.24, 2.45) is 4.99 Å². The molecule has 1 aromatic heterocycles. The van der Waals surface area contributed by atoms with Gasteiger partial charge in [0.05, 0.1) is 25.9 Å². The number of hydrogen-bond acceptors (Lipinski definition) is 7. The van der Waals surface area contributed by atoms with Crippen LogP contribution in [0.2, 0.25) is 0 Å². The van der Waals surface area contributed by atoms with E-state index in [0.717, 1.165) is 11.3 Å². The standard InChI is InChI=1S/C23H23N3O4S/c1-28-18-12-17(13-19(29-2)21(18)30-3)25-14-24-23-26(15-25)22(27)20(31-23)11-7-10-16-8-5-4-6-9-16/h4-13H,14-15H2,1-3H3/b10-7+,20-11-. The molecule has 0 saturated carbocycles. The van der Waals surface area contributed by atoms with Crippen LogP contribution in [0.4, 0.5) is 5.69 Å².